The van der Waals surface area contributed by atoms with Crippen molar-refractivity contribution in [3.63, 3.8) is 0 Å². The molecule has 0 heterocycles. The Morgan fingerprint density at radius 2 is 0.577 bits per heavy atom. The second kappa shape index (κ2) is 60.6. The number of hydrogen-bond donors (Lipinski definition) is 1. The van der Waals surface area contributed by atoms with Crippen molar-refractivity contribution < 1.29 is 42.1 Å². The van der Waals surface area contributed by atoms with Crippen molar-refractivity contribution in [3.8, 4) is 0 Å². The van der Waals surface area contributed by atoms with Crippen molar-refractivity contribution in [2.45, 2.75) is 380 Å². The number of nitrogens with zero attached hydrogens (tertiary/aromatic N) is 1. The van der Waals surface area contributed by atoms with Crippen LogP contribution in [0.3, 0.4) is 0 Å². The van der Waals surface area contributed by atoms with E-state index in [0.717, 1.165) is 38.5 Å². The molecular weight excluding hydrogens is 990 g/mol. The van der Waals surface area contributed by atoms with Crippen LogP contribution in [0.5, 0.6) is 0 Å². The Labute approximate surface area is 486 Å². The summed E-state index contributed by atoms with van der Waals surface area (Å²) in [5.41, 5.74) is 0. The van der Waals surface area contributed by atoms with Gasteiger partial charge in [0.05, 0.1) is 27.7 Å². The first kappa shape index (κ1) is 77.0. The van der Waals surface area contributed by atoms with E-state index in [0.29, 0.717) is 17.4 Å². The highest BCUT2D eigenvalue weighted by Gasteiger charge is 2.27. The first-order chi connectivity index (χ1) is 38.0. The van der Waals surface area contributed by atoms with E-state index >= 15 is 0 Å². The van der Waals surface area contributed by atoms with Gasteiger partial charge >= 0.3 is 19.8 Å². The molecule has 0 aliphatic carbocycles. The Hall–Kier alpha value is -0.990. The molecule has 0 aromatic heterocycles. The lowest BCUT2D eigenvalue weighted by Crippen LogP contribution is -2.37. The Balaban J connectivity index is 3.89. The largest absolute Gasteiger partial charge is 0.472 e. The molecular formula is C68H137NO8P+. The summed E-state index contributed by atoms with van der Waals surface area (Å²) in [5.74, 6) is -0.770. The summed E-state index contributed by atoms with van der Waals surface area (Å²) in [6.45, 7) is 4.52. The quantitative estimate of drug-likeness (QED) is 0.0278. The third-order valence-corrected chi connectivity index (χ3v) is 17.1. The Kier molecular flexibility index (Phi) is 59.8. The average molecular weight is 1130 g/mol. The van der Waals surface area contributed by atoms with Crippen molar-refractivity contribution in [1.29, 1.82) is 0 Å². The van der Waals surface area contributed by atoms with Crippen molar-refractivity contribution in [2.24, 2.45) is 0 Å². The summed E-state index contributed by atoms with van der Waals surface area (Å²) in [7, 11) is 1.51. The van der Waals surface area contributed by atoms with Crippen LogP contribution >= 0.6 is 7.82 Å². The summed E-state index contributed by atoms with van der Waals surface area (Å²) < 4.78 is 34.7. The molecule has 0 aliphatic rings. The Bertz CT molecular complexity index is 1280. The summed E-state index contributed by atoms with van der Waals surface area (Å²) in [6.07, 6.45) is 72.2. The number of carbonyl (C=O) groups is 2. The fourth-order valence-electron chi connectivity index (χ4n) is 10.8. The third-order valence-electron chi connectivity index (χ3n) is 16.1. The molecule has 2 atom stereocenters. The average Bonchev–Trinajstić information content (AvgIpc) is 3.40. The van der Waals surface area contributed by atoms with Crippen LogP contribution in [0.15, 0.2) is 0 Å². The summed E-state index contributed by atoms with van der Waals surface area (Å²) in [5, 5.41) is 0. The number of esters is 2. The molecule has 0 aromatic carbocycles. The van der Waals surface area contributed by atoms with Crippen LogP contribution in [-0.4, -0.2) is 74.9 Å². The topological polar surface area (TPSA) is 108 Å². The number of phosphoric ester groups is 1. The van der Waals surface area contributed by atoms with Crippen LogP contribution in [0, 0.1) is 0 Å². The number of unbranched alkanes of at least 4 members (excludes halogenated alkanes) is 52. The number of ether oxygens (including phenoxy) is 2. The molecule has 10 heteroatoms. The molecule has 466 valence electrons. The van der Waals surface area contributed by atoms with Crippen LogP contribution in [0.25, 0.3) is 0 Å². The molecule has 0 spiro atoms. The van der Waals surface area contributed by atoms with Gasteiger partial charge in [0.1, 0.15) is 19.8 Å². The van der Waals surface area contributed by atoms with Gasteiger partial charge in [-0.15, -0.1) is 0 Å². The van der Waals surface area contributed by atoms with E-state index in [1.54, 1.807) is 0 Å². The van der Waals surface area contributed by atoms with Gasteiger partial charge in [-0.25, -0.2) is 4.57 Å². The molecule has 78 heavy (non-hydrogen) atoms. The lowest BCUT2D eigenvalue weighted by atomic mass is 10.0. The maximum absolute atomic E-state index is 12.9. The Morgan fingerprint density at radius 1 is 0.346 bits per heavy atom. The second-order valence-corrected chi connectivity index (χ2v) is 26.7. The zero-order chi connectivity index (χ0) is 57.0. The van der Waals surface area contributed by atoms with E-state index in [9.17, 15) is 19.0 Å². The van der Waals surface area contributed by atoms with Crippen LogP contribution < -0.4 is 0 Å². The predicted molar refractivity (Wildman–Crippen MR) is 335 cm³/mol. The molecule has 0 fully saturated rings. The highest BCUT2D eigenvalue weighted by atomic mass is 31.2. The zero-order valence-corrected chi connectivity index (χ0v) is 54.1. The van der Waals surface area contributed by atoms with Gasteiger partial charge in [-0.1, -0.05) is 348 Å². The van der Waals surface area contributed by atoms with Crippen LogP contribution in [0.2, 0.25) is 0 Å². The Morgan fingerprint density at radius 3 is 0.821 bits per heavy atom. The number of hydrogen-bond acceptors (Lipinski definition) is 7. The molecule has 0 bridgehead atoms. The minimum atomic E-state index is -4.38. The van der Waals surface area contributed by atoms with E-state index < -0.39 is 26.5 Å². The second-order valence-electron chi connectivity index (χ2n) is 25.3. The zero-order valence-electron chi connectivity index (χ0n) is 53.2. The number of carbonyl (C=O) groups excluding carboxylic acids is 2. The fraction of sp³-hybridized carbons (Fsp3) is 0.971. The number of phosphoric acid groups is 1. The van der Waals surface area contributed by atoms with Crippen LogP contribution in [-0.2, 0) is 32.7 Å². The molecule has 0 aromatic rings. The van der Waals surface area contributed by atoms with Gasteiger partial charge < -0.3 is 18.9 Å². The molecule has 0 saturated heterocycles. The van der Waals surface area contributed by atoms with Crippen molar-refractivity contribution >= 4 is 19.8 Å². The molecule has 0 amide bonds. The third kappa shape index (κ3) is 64.2. The van der Waals surface area contributed by atoms with Gasteiger partial charge in [-0.3, -0.25) is 18.6 Å². The normalized spacial score (nSPS) is 13.1. The first-order valence-electron chi connectivity index (χ1n) is 34.8. The molecule has 0 saturated carbocycles. The standard InChI is InChI=1S/C68H136NO8P/c1-6-8-10-12-14-16-18-20-22-24-26-27-28-29-30-31-32-33-34-35-36-37-38-39-40-41-42-43-45-47-49-51-53-55-57-59-61-68(71)77-66(65-76-78(72,73)75-63-62-69(3,4)5)64-74-67(70)60-58-56-54-52-50-48-46-44-25-23-21-19-17-15-13-11-9-7-2/h66H,6-65H2,1-5H3/p+1. The van der Waals surface area contributed by atoms with Gasteiger partial charge in [0.25, 0.3) is 0 Å². The molecule has 0 rings (SSSR count). The monoisotopic (exact) mass is 1130 g/mol. The minimum Gasteiger partial charge on any atom is -0.462 e. The SMILES string of the molecule is CCCCCCCCCCCCCCCCCCCCCCCCCCCCCCCCCCCCCCC(=O)OC(COC(=O)CCCCCCCCCCCCCCCCCCCC)COP(=O)(O)OCC[N+](C)(C)C. The molecule has 1 N–H and O–H groups in total. The van der Waals surface area contributed by atoms with E-state index in [1.165, 1.54) is 308 Å². The van der Waals surface area contributed by atoms with E-state index in [-0.39, 0.29) is 25.6 Å². The summed E-state index contributed by atoms with van der Waals surface area (Å²) in [4.78, 5) is 35.8. The van der Waals surface area contributed by atoms with Crippen molar-refractivity contribution in [1.82, 2.24) is 0 Å². The van der Waals surface area contributed by atoms with E-state index in [2.05, 4.69) is 13.8 Å². The molecule has 0 radical (unpaired) electrons. The number of quaternary nitrogens is 1. The van der Waals surface area contributed by atoms with Gasteiger partial charge in [-0.05, 0) is 12.8 Å². The summed E-state index contributed by atoms with van der Waals surface area (Å²) >= 11 is 0. The van der Waals surface area contributed by atoms with Gasteiger partial charge in [0, 0.05) is 12.8 Å². The van der Waals surface area contributed by atoms with Gasteiger partial charge in [-0.2, -0.15) is 0 Å². The minimum absolute atomic E-state index is 0.0376. The van der Waals surface area contributed by atoms with Crippen molar-refractivity contribution in [3.05, 3.63) is 0 Å². The maximum Gasteiger partial charge on any atom is 0.472 e. The number of rotatable bonds is 66. The lowest BCUT2D eigenvalue weighted by Gasteiger charge is -2.24. The first-order valence-corrected chi connectivity index (χ1v) is 36.3. The number of likely N-dealkylation sites (N-methyl/N-ethyl adjacent to an activating group) is 1. The fourth-order valence-corrected chi connectivity index (χ4v) is 11.5. The summed E-state index contributed by atoms with van der Waals surface area (Å²) in [6, 6.07) is 0. The smallest absolute Gasteiger partial charge is 0.462 e. The molecule has 2 unspecified atom stereocenters. The van der Waals surface area contributed by atoms with E-state index in [4.69, 9.17) is 18.5 Å². The predicted octanol–water partition coefficient (Wildman–Crippen LogP) is 22.2. The highest BCUT2D eigenvalue weighted by Crippen LogP contribution is 2.43. The van der Waals surface area contributed by atoms with Crippen LogP contribution in [0.4, 0.5) is 0 Å². The molecule has 0 aliphatic heterocycles. The van der Waals surface area contributed by atoms with Gasteiger partial charge in [0.2, 0.25) is 0 Å². The van der Waals surface area contributed by atoms with Crippen molar-refractivity contribution in [2.75, 3.05) is 47.5 Å². The van der Waals surface area contributed by atoms with E-state index in [1.807, 2.05) is 21.1 Å². The maximum atomic E-state index is 12.9. The lowest BCUT2D eigenvalue weighted by molar-refractivity contribution is -0.870. The molecule has 9 nitrogen and oxygen atoms in total. The van der Waals surface area contributed by atoms with Gasteiger partial charge in [0.15, 0.2) is 6.10 Å². The van der Waals surface area contributed by atoms with Crippen LogP contribution in [0.1, 0.15) is 373 Å². The highest BCUT2D eigenvalue weighted by molar-refractivity contribution is 7.47.